The smallest absolute Gasteiger partial charge is 0.295 e. The van der Waals surface area contributed by atoms with Gasteiger partial charge >= 0.3 is 0 Å². The molecular weight excluding hydrogens is 334 g/mol. The highest BCUT2D eigenvalue weighted by atomic mass is 16.7. The third-order valence-electron chi connectivity index (χ3n) is 4.19. The van der Waals surface area contributed by atoms with E-state index < -0.39 is 22.7 Å². The normalized spacial score (nSPS) is 21.9. The maximum absolute atomic E-state index is 13.1. The van der Waals surface area contributed by atoms with E-state index in [2.05, 4.69) is 5.32 Å². The number of nitriles is 1. The third kappa shape index (κ3) is 2.34. The maximum Gasteiger partial charge on any atom is 0.295 e. The Bertz CT molecular complexity index is 931. The molecule has 1 spiro atoms. The number of nitrogens with zero attached hydrogens (tertiary/aromatic N) is 1. The van der Waals surface area contributed by atoms with Gasteiger partial charge in [0.05, 0.1) is 0 Å². The number of carbonyl (C=O) groups is 2. The molecule has 2 heterocycles. The third-order valence-corrected chi connectivity index (χ3v) is 4.19. The number of benzene rings is 1. The number of amides is 1. The van der Waals surface area contributed by atoms with Crippen molar-refractivity contribution in [1.29, 1.82) is 5.26 Å². The fourth-order valence-corrected chi connectivity index (χ4v) is 3.32. The number of Topliss-reactive ketones (excluding diaryl/α,β-unsaturated/α-hetero) is 1. The maximum atomic E-state index is 13.1. The van der Waals surface area contributed by atoms with E-state index in [-0.39, 0.29) is 23.0 Å². The highest BCUT2D eigenvalue weighted by Crippen LogP contribution is 2.52. The number of ether oxygens (including phenoxy) is 2. The molecule has 0 radical (unpaired) electrons. The van der Waals surface area contributed by atoms with Crippen LogP contribution in [0.25, 0.3) is 0 Å². The summed E-state index contributed by atoms with van der Waals surface area (Å²) in [6.07, 6.45) is 0. The second kappa shape index (κ2) is 5.63. The molecule has 7 nitrogen and oxygen atoms in total. The fraction of sp³-hybridized carbons (Fsp3) is 0.316. The van der Waals surface area contributed by atoms with E-state index in [9.17, 15) is 14.9 Å². The number of rotatable bonds is 2. The van der Waals surface area contributed by atoms with Crippen LogP contribution in [0.4, 0.5) is 5.69 Å². The van der Waals surface area contributed by atoms with Crippen molar-refractivity contribution >= 4 is 17.4 Å². The molecule has 2 aliphatic rings. The summed E-state index contributed by atoms with van der Waals surface area (Å²) in [5.74, 6) is -1.41. The van der Waals surface area contributed by atoms with E-state index in [1.165, 1.54) is 6.92 Å². The van der Waals surface area contributed by atoms with E-state index in [4.69, 9.17) is 15.2 Å². The van der Waals surface area contributed by atoms with Crippen molar-refractivity contribution in [2.45, 2.75) is 38.7 Å². The number of nitrogens with two attached hydrogens (primary N) is 1. The topological polar surface area (TPSA) is 114 Å². The van der Waals surface area contributed by atoms with Crippen LogP contribution < -0.4 is 11.1 Å². The van der Waals surface area contributed by atoms with Crippen LogP contribution in [0.3, 0.4) is 0 Å². The van der Waals surface area contributed by atoms with Gasteiger partial charge in [0.15, 0.2) is 11.2 Å². The Kier molecular flexibility index (Phi) is 3.80. The molecule has 134 valence electrons. The minimum absolute atomic E-state index is 0.0411. The zero-order valence-corrected chi connectivity index (χ0v) is 15.0. The van der Waals surface area contributed by atoms with Crippen molar-refractivity contribution in [2.75, 3.05) is 5.32 Å². The summed E-state index contributed by atoms with van der Waals surface area (Å²) in [7, 11) is 0. The number of ketones is 1. The molecule has 1 aromatic carbocycles. The molecule has 0 aromatic heterocycles. The molecule has 7 heteroatoms. The summed E-state index contributed by atoms with van der Waals surface area (Å²) in [5.41, 5.74) is 4.36. The molecule has 1 amide bonds. The summed E-state index contributed by atoms with van der Waals surface area (Å²) in [4.78, 5) is 25.7. The first-order chi connectivity index (χ1) is 12.1. The van der Waals surface area contributed by atoms with Gasteiger partial charge in [-0.2, -0.15) is 5.26 Å². The number of anilines is 1. The molecule has 26 heavy (non-hydrogen) atoms. The Morgan fingerprint density at radius 1 is 1.35 bits per heavy atom. The Hall–Kier alpha value is -3.27. The van der Waals surface area contributed by atoms with Gasteiger partial charge in [-0.1, -0.05) is 18.2 Å². The van der Waals surface area contributed by atoms with Crippen LogP contribution in [-0.4, -0.2) is 17.3 Å². The number of fused-ring (bicyclic) bond motifs is 2. The van der Waals surface area contributed by atoms with Crippen molar-refractivity contribution in [2.24, 2.45) is 5.73 Å². The number of hydrogen-bond acceptors (Lipinski definition) is 6. The van der Waals surface area contributed by atoms with Gasteiger partial charge in [-0.15, -0.1) is 0 Å². The minimum atomic E-state index is -1.69. The molecule has 0 unspecified atom stereocenters. The summed E-state index contributed by atoms with van der Waals surface area (Å²) in [6.45, 7) is 6.62. The quantitative estimate of drug-likeness (QED) is 0.842. The average Bonchev–Trinajstić information content (AvgIpc) is 2.79. The molecule has 2 aliphatic heterocycles. The first-order valence-corrected chi connectivity index (χ1v) is 8.06. The SMILES string of the molecule is CC(=O)C1=C(OC(C)(C)C)OC(N)=C(C#N)[C@]12C(=O)Nc1ccccc12. The van der Waals surface area contributed by atoms with Gasteiger partial charge in [0.1, 0.15) is 22.8 Å². The Labute approximate surface area is 151 Å². The number of para-hydroxylation sites is 1. The van der Waals surface area contributed by atoms with Crippen LogP contribution in [0.2, 0.25) is 0 Å². The van der Waals surface area contributed by atoms with Crippen LogP contribution >= 0.6 is 0 Å². The molecule has 1 atom stereocenters. The van der Waals surface area contributed by atoms with Crippen molar-refractivity contribution in [3.05, 3.63) is 52.8 Å². The second-order valence-corrected chi connectivity index (χ2v) is 7.14. The summed E-state index contributed by atoms with van der Waals surface area (Å²) in [6, 6.07) is 8.81. The van der Waals surface area contributed by atoms with E-state index >= 15 is 0 Å². The van der Waals surface area contributed by atoms with Gasteiger partial charge in [0.25, 0.3) is 5.95 Å². The van der Waals surface area contributed by atoms with E-state index in [0.717, 1.165) is 0 Å². The van der Waals surface area contributed by atoms with Gasteiger partial charge in [-0.25, -0.2) is 0 Å². The fourth-order valence-electron chi connectivity index (χ4n) is 3.32. The molecule has 0 saturated carbocycles. The standard InChI is InChI=1S/C19H19N3O4/c1-10(23)14-16(26-18(2,3)4)25-15(21)12(9-20)19(14)11-7-5-6-8-13(11)22-17(19)24/h5-8H,21H2,1-4H3,(H,22,24)/t19-/m0/s1. The molecule has 0 saturated heterocycles. The minimum Gasteiger partial charge on any atom is -0.459 e. The zero-order chi connectivity index (χ0) is 19.3. The Morgan fingerprint density at radius 2 is 2.00 bits per heavy atom. The first-order valence-electron chi connectivity index (χ1n) is 8.06. The summed E-state index contributed by atoms with van der Waals surface area (Å²) >= 11 is 0. The second-order valence-electron chi connectivity index (χ2n) is 7.14. The van der Waals surface area contributed by atoms with Crippen LogP contribution in [0, 0.1) is 11.3 Å². The monoisotopic (exact) mass is 353 g/mol. The molecule has 0 aliphatic carbocycles. The molecule has 0 bridgehead atoms. The number of hydrogen-bond donors (Lipinski definition) is 2. The molecule has 3 rings (SSSR count). The number of nitrogens with one attached hydrogen (secondary N) is 1. The van der Waals surface area contributed by atoms with E-state index in [0.29, 0.717) is 11.3 Å². The lowest BCUT2D eigenvalue weighted by atomic mass is 9.68. The molecule has 1 aromatic rings. The van der Waals surface area contributed by atoms with Gasteiger partial charge in [0, 0.05) is 11.3 Å². The van der Waals surface area contributed by atoms with Crippen molar-refractivity contribution in [3.63, 3.8) is 0 Å². The van der Waals surface area contributed by atoms with Crippen LogP contribution in [-0.2, 0) is 24.5 Å². The largest absolute Gasteiger partial charge is 0.459 e. The van der Waals surface area contributed by atoms with Crippen LogP contribution in [0.1, 0.15) is 33.3 Å². The van der Waals surface area contributed by atoms with Crippen LogP contribution in [0.5, 0.6) is 0 Å². The molecular formula is C19H19N3O4. The van der Waals surface area contributed by atoms with Gasteiger partial charge < -0.3 is 20.5 Å². The lowest BCUT2D eigenvalue weighted by molar-refractivity contribution is -0.123. The highest BCUT2D eigenvalue weighted by molar-refractivity contribution is 6.18. The highest BCUT2D eigenvalue weighted by Gasteiger charge is 2.59. The predicted octanol–water partition coefficient (Wildman–Crippen LogP) is 2.22. The lowest BCUT2D eigenvalue weighted by Gasteiger charge is -2.36. The van der Waals surface area contributed by atoms with Gasteiger partial charge in [-0.3, -0.25) is 9.59 Å². The van der Waals surface area contributed by atoms with Crippen molar-refractivity contribution in [3.8, 4) is 6.07 Å². The molecule has 3 N–H and O–H groups in total. The Morgan fingerprint density at radius 3 is 2.58 bits per heavy atom. The Balaban J connectivity index is 2.42. The van der Waals surface area contributed by atoms with Crippen LogP contribution in [0.15, 0.2) is 47.2 Å². The summed E-state index contributed by atoms with van der Waals surface area (Å²) < 4.78 is 11.3. The zero-order valence-electron chi connectivity index (χ0n) is 15.0. The first kappa shape index (κ1) is 17.5. The average molecular weight is 353 g/mol. The van der Waals surface area contributed by atoms with E-state index in [1.54, 1.807) is 45.0 Å². The van der Waals surface area contributed by atoms with Gasteiger partial charge in [-0.05, 0) is 33.8 Å². The predicted molar refractivity (Wildman–Crippen MR) is 93.2 cm³/mol. The molecule has 0 fully saturated rings. The van der Waals surface area contributed by atoms with Crippen molar-refractivity contribution < 1.29 is 19.1 Å². The summed E-state index contributed by atoms with van der Waals surface area (Å²) in [5, 5.41) is 12.5. The van der Waals surface area contributed by atoms with Crippen molar-refractivity contribution in [1.82, 2.24) is 0 Å². The van der Waals surface area contributed by atoms with Gasteiger partial charge in [0.2, 0.25) is 11.8 Å². The lowest BCUT2D eigenvalue weighted by Crippen LogP contribution is -2.46. The number of carbonyl (C=O) groups excluding carboxylic acids is 2. The van der Waals surface area contributed by atoms with E-state index in [1.807, 2.05) is 6.07 Å².